The van der Waals surface area contributed by atoms with Gasteiger partial charge in [0.15, 0.2) is 0 Å². The van der Waals surface area contributed by atoms with Crippen LogP contribution in [0.4, 0.5) is 4.79 Å². The lowest BCUT2D eigenvalue weighted by Crippen LogP contribution is -2.46. The summed E-state index contributed by atoms with van der Waals surface area (Å²) in [5.41, 5.74) is 2.36. The highest BCUT2D eigenvalue weighted by Crippen LogP contribution is 2.57. The van der Waals surface area contributed by atoms with Gasteiger partial charge in [-0.05, 0) is 65.3 Å². The number of carbonyl (C=O) groups excluding carboxylic acids is 2. The molecule has 162 valence electrons. The Morgan fingerprint density at radius 3 is 2.50 bits per heavy atom. The van der Waals surface area contributed by atoms with E-state index in [4.69, 9.17) is 4.74 Å². The smallest absolute Gasteiger partial charge is 0.416 e. The molecule has 3 aromatic rings. The van der Waals surface area contributed by atoms with Gasteiger partial charge in [-0.1, -0.05) is 72.8 Å². The number of imide groups is 1. The predicted molar refractivity (Wildman–Crippen MR) is 123 cm³/mol. The first-order valence-corrected chi connectivity index (χ1v) is 11.7. The van der Waals surface area contributed by atoms with Crippen molar-refractivity contribution in [1.29, 1.82) is 0 Å². The lowest BCUT2D eigenvalue weighted by molar-refractivity contribution is -0.135. The maximum absolute atomic E-state index is 13.9. The van der Waals surface area contributed by atoms with Gasteiger partial charge in [0.25, 0.3) is 0 Å². The van der Waals surface area contributed by atoms with E-state index in [1.165, 1.54) is 27.7 Å². The van der Waals surface area contributed by atoms with Gasteiger partial charge in [-0.15, -0.1) is 0 Å². The van der Waals surface area contributed by atoms with Gasteiger partial charge >= 0.3 is 6.09 Å². The zero-order chi connectivity index (χ0) is 21.7. The van der Waals surface area contributed by atoms with Gasteiger partial charge in [0, 0.05) is 5.92 Å². The number of hydrogen-bond donors (Lipinski definition) is 0. The third-order valence-electron chi connectivity index (χ3n) is 7.87. The minimum absolute atomic E-state index is 0.0289. The van der Waals surface area contributed by atoms with Crippen molar-refractivity contribution in [3.05, 3.63) is 83.9 Å². The maximum atomic E-state index is 13.9. The number of fused-ring (bicyclic) bond motifs is 3. The first-order valence-electron chi connectivity index (χ1n) is 11.7. The topological polar surface area (TPSA) is 46.6 Å². The first kappa shape index (κ1) is 19.5. The molecule has 3 aliphatic rings. The van der Waals surface area contributed by atoms with E-state index < -0.39 is 6.09 Å². The second-order valence-electron chi connectivity index (χ2n) is 9.62. The van der Waals surface area contributed by atoms with Crippen molar-refractivity contribution in [1.82, 2.24) is 4.90 Å². The molecule has 0 N–H and O–H groups in total. The number of amides is 2. The van der Waals surface area contributed by atoms with Crippen LogP contribution in [0.1, 0.15) is 36.3 Å². The van der Waals surface area contributed by atoms with E-state index in [1.54, 1.807) is 0 Å². The minimum Gasteiger partial charge on any atom is -0.447 e. The highest BCUT2D eigenvalue weighted by atomic mass is 16.6. The molecule has 2 aliphatic carbocycles. The summed E-state index contributed by atoms with van der Waals surface area (Å²) in [5, 5.41) is 2.43. The Kier molecular flexibility index (Phi) is 4.74. The van der Waals surface area contributed by atoms with Crippen LogP contribution in [0.15, 0.2) is 72.8 Å². The molecule has 1 aliphatic heterocycles. The zero-order valence-electron chi connectivity index (χ0n) is 18.0. The molecule has 2 amide bonds. The summed E-state index contributed by atoms with van der Waals surface area (Å²) >= 11 is 0. The Balaban J connectivity index is 1.32. The number of benzene rings is 3. The van der Waals surface area contributed by atoms with E-state index in [0.717, 1.165) is 18.4 Å². The average Bonchev–Trinajstić information content (AvgIpc) is 3.54. The highest BCUT2D eigenvalue weighted by molar-refractivity contribution is 5.96. The standard InChI is InChI=1S/C28H27NO3/c30-27(29-24(17-32-28(29)31)14-18-6-2-1-3-7-18)26-23-13-12-22(16-23)25(26)21-11-10-19-8-4-5-9-20(19)15-21/h1-11,15,22-26H,12-14,16-17H2/t22?,23?,24-,25?,26?/m0/s1. The highest BCUT2D eigenvalue weighted by Gasteiger charge is 2.54. The third-order valence-corrected chi connectivity index (χ3v) is 7.87. The summed E-state index contributed by atoms with van der Waals surface area (Å²) < 4.78 is 5.38. The van der Waals surface area contributed by atoms with Gasteiger partial charge in [-0.3, -0.25) is 4.79 Å². The average molecular weight is 426 g/mol. The molecule has 3 aromatic carbocycles. The molecule has 1 saturated heterocycles. The molecule has 3 fully saturated rings. The fraction of sp³-hybridized carbons (Fsp3) is 0.357. The van der Waals surface area contributed by atoms with E-state index in [2.05, 4.69) is 42.5 Å². The molecule has 6 rings (SSSR count). The van der Waals surface area contributed by atoms with Gasteiger partial charge in [0.05, 0.1) is 6.04 Å². The SMILES string of the molecule is O=C1OC[C@H](Cc2ccccc2)N1C(=O)C1C2CCC(C2)C1c1ccc2ccccc2c1. The molecule has 32 heavy (non-hydrogen) atoms. The fourth-order valence-electron chi connectivity index (χ4n) is 6.47. The summed E-state index contributed by atoms with van der Waals surface area (Å²) in [6.45, 7) is 0.279. The minimum atomic E-state index is -0.476. The normalized spacial score (nSPS) is 28.9. The van der Waals surface area contributed by atoms with Crippen LogP contribution in [0.25, 0.3) is 10.8 Å². The van der Waals surface area contributed by atoms with E-state index in [0.29, 0.717) is 18.3 Å². The van der Waals surface area contributed by atoms with Gasteiger partial charge in [-0.2, -0.15) is 0 Å². The van der Waals surface area contributed by atoms with E-state index in [-0.39, 0.29) is 30.4 Å². The number of cyclic esters (lactones) is 1. The molecule has 4 heteroatoms. The second kappa shape index (κ2) is 7.77. The fourth-order valence-corrected chi connectivity index (χ4v) is 6.47. The Labute approximate surface area is 188 Å². The van der Waals surface area contributed by atoms with Crippen LogP contribution in [0.2, 0.25) is 0 Å². The van der Waals surface area contributed by atoms with E-state index in [9.17, 15) is 9.59 Å². The largest absolute Gasteiger partial charge is 0.447 e. The summed E-state index contributed by atoms with van der Waals surface area (Å²) in [4.78, 5) is 28.1. The number of carbonyl (C=O) groups is 2. The molecular formula is C28H27NO3. The molecule has 0 radical (unpaired) electrons. The molecule has 4 unspecified atom stereocenters. The van der Waals surface area contributed by atoms with Crippen LogP contribution in [-0.2, 0) is 16.0 Å². The summed E-state index contributed by atoms with van der Waals surface area (Å²) in [5.74, 6) is 0.880. The Morgan fingerprint density at radius 1 is 0.906 bits per heavy atom. The molecule has 1 heterocycles. The van der Waals surface area contributed by atoms with Crippen LogP contribution >= 0.6 is 0 Å². The maximum Gasteiger partial charge on any atom is 0.416 e. The first-order chi connectivity index (χ1) is 15.7. The zero-order valence-corrected chi connectivity index (χ0v) is 18.0. The Morgan fingerprint density at radius 2 is 1.66 bits per heavy atom. The van der Waals surface area contributed by atoms with Gasteiger partial charge in [0.1, 0.15) is 6.61 Å². The third kappa shape index (κ3) is 3.21. The van der Waals surface area contributed by atoms with Crippen LogP contribution in [-0.4, -0.2) is 29.5 Å². The van der Waals surface area contributed by atoms with Crippen molar-refractivity contribution in [3.63, 3.8) is 0 Å². The molecular weight excluding hydrogens is 398 g/mol. The predicted octanol–water partition coefficient (Wildman–Crippen LogP) is 5.56. The van der Waals surface area contributed by atoms with Crippen molar-refractivity contribution in [2.45, 2.75) is 37.6 Å². The van der Waals surface area contributed by atoms with Crippen LogP contribution in [0, 0.1) is 17.8 Å². The van der Waals surface area contributed by atoms with Crippen molar-refractivity contribution >= 4 is 22.8 Å². The monoisotopic (exact) mass is 425 g/mol. The van der Waals surface area contributed by atoms with E-state index >= 15 is 0 Å². The molecule has 0 aromatic heterocycles. The number of nitrogens with zero attached hydrogens (tertiary/aromatic N) is 1. The van der Waals surface area contributed by atoms with Gasteiger partial charge in [-0.25, -0.2) is 9.69 Å². The van der Waals surface area contributed by atoms with Gasteiger partial charge < -0.3 is 4.74 Å². The van der Waals surface area contributed by atoms with Crippen molar-refractivity contribution in [2.75, 3.05) is 6.61 Å². The number of rotatable bonds is 4. The quantitative estimate of drug-likeness (QED) is 0.550. The Bertz CT molecular complexity index is 1170. The molecule has 5 atom stereocenters. The summed E-state index contributed by atoms with van der Waals surface area (Å²) in [6.07, 6.45) is 3.50. The van der Waals surface area contributed by atoms with Crippen LogP contribution < -0.4 is 0 Å². The lowest BCUT2D eigenvalue weighted by Gasteiger charge is -2.33. The molecule has 0 spiro atoms. The van der Waals surface area contributed by atoms with Gasteiger partial charge in [0.2, 0.25) is 5.91 Å². The molecule has 4 nitrogen and oxygen atoms in total. The van der Waals surface area contributed by atoms with Crippen molar-refractivity contribution in [2.24, 2.45) is 17.8 Å². The Hall–Kier alpha value is -3.14. The summed E-state index contributed by atoms with van der Waals surface area (Å²) in [6, 6.07) is 24.8. The number of hydrogen-bond acceptors (Lipinski definition) is 3. The van der Waals surface area contributed by atoms with Crippen LogP contribution in [0.5, 0.6) is 0 Å². The van der Waals surface area contributed by atoms with E-state index in [1.807, 2.05) is 30.3 Å². The lowest BCUT2D eigenvalue weighted by atomic mass is 9.74. The second-order valence-corrected chi connectivity index (χ2v) is 9.62. The van der Waals surface area contributed by atoms with Crippen LogP contribution in [0.3, 0.4) is 0 Å². The molecule has 2 saturated carbocycles. The van der Waals surface area contributed by atoms with Crippen molar-refractivity contribution in [3.8, 4) is 0 Å². The molecule has 2 bridgehead atoms. The summed E-state index contributed by atoms with van der Waals surface area (Å²) in [7, 11) is 0. The number of ether oxygens (including phenoxy) is 1. The van der Waals surface area contributed by atoms with Crippen molar-refractivity contribution < 1.29 is 14.3 Å².